The number of hydrogen-bond donors (Lipinski definition) is 1. The molecule has 1 rings (SSSR count). The van der Waals surface area contributed by atoms with Crippen LogP contribution in [-0.2, 0) is 4.74 Å². The lowest BCUT2D eigenvalue weighted by atomic mass is 10.2. The van der Waals surface area contributed by atoms with Crippen molar-refractivity contribution in [3.63, 3.8) is 0 Å². The van der Waals surface area contributed by atoms with Crippen molar-refractivity contribution < 1.29 is 17.9 Å². The van der Waals surface area contributed by atoms with Gasteiger partial charge >= 0.3 is 0 Å². The molecule has 16 heavy (non-hydrogen) atoms. The van der Waals surface area contributed by atoms with Crippen LogP contribution in [0.1, 0.15) is 13.3 Å². The highest BCUT2D eigenvalue weighted by atomic mass is 19.2. The average molecular weight is 233 g/mol. The Bertz CT molecular complexity index is 334. The third-order valence-electron chi connectivity index (χ3n) is 2.15. The summed E-state index contributed by atoms with van der Waals surface area (Å²) in [6.07, 6.45) is 0.692. The van der Waals surface area contributed by atoms with Gasteiger partial charge < -0.3 is 10.1 Å². The van der Waals surface area contributed by atoms with Crippen molar-refractivity contribution in [2.75, 3.05) is 19.0 Å². The summed E-state index contributed by atoms with van der Waals surface area (Å²) in [4.78, 5) is 0. The highest BCUT2D eigenvalue weighted by molar-refractivity contribution is 5.44. The molecule has 0 saturated carbocycles. The zero-order valence-corrected chi connectivity index (χ0v) is 9.19. The molecule has 1 aromatic carbocycles. The lowest BCUT2D eigenvalue weighted by Crippen LogP contribution is -2.17. The van der Waals surface area contributed by atoms with E-state index in [4.69, 9.17) is 4.74 Å². The van der Waals surface area contributed by atoms with E-state index in [2.05, 4.69) is 5.32 Å². The summed E-state index contributed by atoms with van der Waals surface area (Å²) in [5, 5.41) is 2.86. The number of rotatable bonds is 5. The molecule has 0 bridgehead atoms. The summed E-state index contributed by atoms with van der Waals surface area (Å²) in [6, 6.07) is 1.85. The van der Waals surface area contributed by atoms with Crippen molar-refractivity contribution in [3.05, 3.63) is 29.6 Å². The number of hydrogen-bond acceptors (Lipinski definition) is 2. The van der Waals surface area contributed by atoms with Gasteiger partial charge in [-0.1, -0.05) is 0 Å². The fourth-order valence-corrected chi connectivity index (χ4v) is 1.29. The minimum absolute atomic E-state index is 0.00999. The van der Waals surface area contributed by atoms with Crippen LogP contribution in [0.3, 0.4) is 0 Å². The molecule has 1 aromatic rings. The van der Waals surface area contributed by atoms with E-state index in [0.29, 0.717) is 13.0 Å². The molecular weight excluding hydrogens is 219 g/mol. The number of nitrogens with one attached hydrogen (secondary N) is 1. The number of benzene rings is 1. The minimum atomic E-state index is -1.45. The largest absolute Gasteiger partial charge is 0.385 e. The Kier molecular flexibility index (Phi) is 4.61. The van der Waals surface area contributed by atoms with Crippen LogP contribution in [0, 0.1) is 17.5 Å². The normalized spacial score (nSPS) is 12.6. The predicted molar refractivity (Wildman–Crippen MR) is 55.9 cm³/mol. The van der Waals surface area contributed by atoms with Crippen LogP contribution < -0.4 is 5.32 Å². The van der Waals surface area contributed by atoms with E-state index in [0.717, 1.165) is 12.1 Å². The number of anilines is 1. The summed E-state index contributed by atoms with van der Waals surface area (Å²) >= 11 is 0. The SMILES string of the molecule is COCCC(C)Nc1cc(F)c(F)c(F)c1. The van der Waals surface area contributed by atoms with Crippen molar-refractivity contribution in [2.45, 2.75) is 19.4 Å². The van der Waals surface area contributed by atoms with E-state index < -0.39 is 17.5 Å². The Morgan fingerprint density at radius 1 is 1.25 bits per heavy atom. The van der Waals surface area contributed by atoms with E-state index in [-0.39, 0.29) is 11.7 Å². The van der Waals surface area contributed by atoms with Crippen LogP contribution in [0.15, 0.2) is 12.1 Å². The fourth-order valence-electron chi connectivity index (χ4n) is 1.29. The molecule has 0 aromatic heterocycles. The molecule has 2 nitrogen and oxygen atoms in total. The summed E-state index contributed by atoms with van der Waals surface area (Å²) in [5.74, 6) is -3.84. The van der Waals surface area contributed by atoms with Crippen LogP contribution in [0.2, 0.25) is 0 Å². The van der Waals surface area contributed by atoms with Crippen molar-refractivity contribution in [3.8, 4) is 0 Å². The lowest BCUT2D eigenvalue weighted by molar-refractivity contribution is 0.191. The molecular formula is C11H14F3NO. The molecule has 90 valence electrons. The summed E-state index contributed by atoms with van der Waals surface area (Å²) in [7, 11) is 1.57. The second-order valence-corrected chi connectivity index (χ2v) is 3.58. The van der Waals surface area contributed by atoms with Gasteiger partial charge in [-0.25, -0.2) is 13.2 Å². The standard InChI is InChI=1S/C11H14F3NO/c1-7(3-4-16-2)15-8-5-9(12)11(14)10(13)6-8/h5-7,15H,3-4H2,1-2H3. The molecule has 0 aliphatic carbocycles. The van der Waals surface area contributed by atoms with Crippen molar-refractivity contribution in [2.24, 2.45) is 0 Å². The Balaban J connectivity index is 2.67. The number of methoxy groups -OCH3 is 1. The molecule has 5 heteroatoms. The van der Waals surface area contributed by atoms with Crippen LogP contribution in [0.4, 0.5) is 18.9 Å². The van der Waals surface area contributed by atoms with Gasteiger partial charge in [0.25, 0.3) is 0 Å². The van der Waals surface area contributed by atoms with Gasteiger partial charge in [0.05, 0.1) is 0 Å². The van der Waals surface area contributed by atoms with Crippen molar-refractivity contribution >= 4 is 5.69 Å². The van der Waals surface area contributed by atoms with Gasteiger partial charge in [-0.15, -0.1) is 0 Å². The molecule has 0 amide bonds. The third kappa shape index (κ3) is 3.41. The van der Waals surface area contributed by atoms with Gasteiger partial charge in [0.15, 0.2) is 17.5 Å². The molecule has 0 aliphatic heterocycles. The van der Waals surface area contributed by atoms with E-state index in [1.54, 1.807) is 7.11 Å². The number of halogens is 3. The molecule has 1 N–H and O–H groups in total. The first-order valence-electron chi connectivity index (χ1n) is 4.94. The zero-order valence-electron chi connectivity index (χ0n) is 9.19. The smallest absolute Gasteiger partial charge is 0.194 e. The van der Waals surface area contributed by atoms with Gasteiger partial charge in [-0.05, 0) is 13.3 Å². The first kappa shape index (κ1) is 12.8. The lowest BCUT2D eigenvalue weighted by Gasteiger charge is -2.15. The van der Waals surface area contributed by atoms with E-state index in [9.17, 15) is 13.2 Å². The quantitative estimate of drug-likeness (QED) is 0.789. The van der Waals surface area contributed by atoms with Crippen LogP contribution in [-0.4, -0.2) is 19.8 Å². The Morgan fingerprint density at radius 3 is 2.31 bits per heavy atom. The predicted octanol–water partition coefficient (Wildman–Crippen LogP) is 2.94. The molecule has 0 saturated heterocycles. The molecule has 0 aliphatic rings. The van der Waals surface area contributed by atoms with Crippen molar-refractivity contribution in [1.82, 2.24) is 0 Å². The Hall–Kier alpha value is -1.23. The third-order valence-corrected chi connectivity index (χ3v) is 2.15. The number of ether oxygens (including phenoxy) is 1. The van der Waals surface area contributed by atoms with E-state index in [1.807, 2.05) is 6.92 Å². The highest BCUT2D eigenvalue weighted by Gasteiger charge is 2.11. The molecule has 1 unspecified atom stereocenters. The second kappa shape index (κ2) is 5.75. The molecule has 0 radical (unpaired) electrons. The highest BCUT2D eigenvalue weighted by Crippen LogP contribution is 2.18. The van der Waals surface area contributed by atoms with Gasteiger partial charge in [-0.3, -0.25) is 0 Å². The minimum Gasteiger partial charge on any atom is -0.385 e. The van der Waals surface area contributed by atoms with Crippen LogP contribution >= 0.6 is 0 Å². The maximum absolute atomic E-state index is 12.9. The summed E-state index contributed by atoms with van der Waals surface area (Å²) in [6.45, 7) is 2.39. The topological polar surface area (TPSA) is 21.3 Å². The van der Waals surface area contributed by atoms with Crippen molar-refractivity contribution in [1.29, 1.82) is 0 Å². The first-order valence-corrected chi connectivity index (χ1v) is 4.94. The Labute approximate surface area is 92.4 Å². The maximum Gasteiger partial charge on any atom is 0.194 e. The van der Waals surface area contributed by atoms with Gasteiger partial charge in [0, 0.05) is 37.6 Å². The van der Waals surface area contributed by atoms with Gasteiger partial charge in [0.2, 0.25) is 0 Å². The Morgan fingerprint density at radius 2 is 1.81 bits per heavy atom. The summed E-state index contributed by atoms with van der Waals surface area (Å²) in [5.41, 5.74) is 0.222. The maximum atomic E-state index is 12.9. The fraction of sp³-hybridized carbons (Fsp3) is 0.455. The molecule has 0 heterocycles. The van der Waals surface area contributed by atoms with Crippen LogP contribution in [0.5, 0.6) is 0 Å². The monoisotopic (exact) mass is 233 g/mol. The van der Waals surface area contributed by atoms with Crippen LogP contribution in [0.25, 0.3) is 0 Å². The molecule has 0 fully saturated rings. The molecule has 0 spiro atoms. The van der Waals surface area contributed by atoms with Gasteiger partial charge in [-0.2, -0.15) is 0 Å². The summed E-state index contributed by atoms with van der Waals surface area (Å²) < 4.78 is 43.2. The van der Waals surface area contributed by atoms with Gasteiger partial charge in [0.1, 0.15) is 0 Å². The zero-order chi connectivity index (χ0) is 12.1. The second-order valence-electron chi connectivity index (χ2n) is 3.58. The van der Waals surface area contributed by atoms with E-state index in [1.165, 1.54) is 0 Å². The first-order chi connectivity index (χ1) is 7.54. The molecule has 1 atom stereocenters. The van der Waals surface area contributed by atoms with E-state index >= 15 is 0 Å². The average Bonchev–Trinajstić information content (AvgIpc) is 2.23.